The molecule has 2 aliphatic rings. The summed E-state index contributed by atoms with van der Waals surface area (Å²) in [6.45, 7) is 6.25. The SMILES string of the molecule is CC(C)(C)OC(=O)N1CCC[C@@H](C(=O)N[C@@H]2CCCN(S(=O)(=O)c3ccc(F)cc3F)C2)C1. The molecule has 0 radical (unpaired) electrons. The molecule has 0 aromatic heterocycles. The van der Waals surface area contributed by atoms with E-state index in [1.165, 1.54) is 4.90 Å². The number of hydrogen-bond acceptors (Lipinski definition) is 5. The van der Waals surface area contributed by atoms with Gasteiger partial charge in [0.1, 0.15) is 22.1 Å². The van der Waals surface area contributed by atoms with Crippen molar-refractivity contribution in [2.24, 2.45) is 5.92 Å². The van der Waals surface area contributed by atoms with Crippen LogP contribution in [0, 0.1) is 17.6 Å². The highest BCUT2D eigenvalue weighted by Gasteiger charge is 2.35. The third kappa shape index (κ3) is 6.41. The third-order valence-corrected chi connectivity index (χ3v) is 7.58. The lowest BCUT2D eigenvalue weighted by Gasteiger charge is -2.36. The van der Waals surface area contributed by atoms with Crippen LogP contribution in [0.25, 0.3) is 0 Å². The van der Waals surface area contributed by atoms with E-state index in [1.807, 2.05) is 0 Å². The normalized spacial score (nSPS) is 22.6. The summed E-state index contributed by atoms with van der Waals surface area (Å²) in [5.74, 6) is -2.68. The zero-order valence-electron chi connectivity index (χ0n) is 19.1. The van der Waals surface area contributed by atoms with Crippen molar-refractivity contribution in [2.45, 2.75) is 63.0 Å². The van der Waals surface area contributed by atoms with Gasteiger partial charge < -0.3 is 15.0 Å². The number of benzene rings is 1. The summed E-state index contributed by atoms with van der Waals surface area (Å²) >= 11 is 0. The van der Waals surface area contributed by atoms with Gasteiger partial charge in [-0.1, -0.05) is 0 Å². The number of amides is 2. The van der Waals surface area contributed by atoms with Gasteiger partial charge in [-0.3, -0.25) is 4.79 Å². The van der Waals surface area contributed by atoms with Crippen LogP contribution < -0.4 is 5.32 Å². The standard InChI is InChI=1S/C22H31F2N3O5S/c1-22(2,3)32-21(29)26-10-4-6-15(13-26)20(28)25-17-7-5-11-27(14-17)33(30,31)19-9-8-16(23)12-18(19)24/h8-9,12,15,17H,4-7,10-11,13-14H2,1-3H3,(H,25,28)/t15-,17-/m1/s1. The molecule has 1 aromatic carbocycles. The van der Waals surface area contributed by atoms with Crippen molar-refractivity contribution in [2.75, 3.05) is 26.2 Å². The summed E-state index contributed by atoms with van der Waals surface area (Å²) in [6.07, 6.45) is 1.87. The maximum Gasteiger partial charge on any atom is 0.410 e. The third-order valence-electron chi connectivity index (χ3n) is 5.69. The van der Waals surface area contributed by atoms with Crippen LogP contribution in [0.3, 0.4) is 0 Å². The fourth-order valence-corrected chi connectivity index (χ4v) is 5.67. The molecule has 8 nitrogen and oxygen atoms in total. The molecule has 2 saturated heterocycles. The lowest BCUT2D eigenvalue weighted by Crippen LogP contribution is -2.53. The number of hydrogen-bond donors (Lipinski definition) is 1. The Labute approximate surface area is 193 Å². The predicted molar refractivity (Wildman–Crippen MR) is 117 cm³/mol. The number of ether oxygens (including phenoxy) is 1. The Kier molecular flexibility index (Phi) is 7.62. The number of halogens is 2. The largest absolute Gasteiger partial charge is 0.444 e. The highest BCUT2D eigenvalue weighted by molar-refractivity contribution is 7.89. The van der Waals surface area contributed by atoms with Crippen LogP contribution in [0.5, 0.6) is 0 Å². The lowest BCUT2D eigenvalue weighted by atomic mass is 9.96. The topological polar surface area (TPSA) is 96.0 Å². The minimum atomic E-state index is -4.17. The molecule has 3 rings (SSSR count). The first kappa shape index (κ1) is 25.4. The van der Waals surface area contributed by atoms with Gasteiger partial charge in [0.25, 0.3) is 0 Å². The fraction of sp³-hybridized carbons (Fsp3) is 0.636. The number of rotatable bonds is 4. The highest BCUT2D eigenvalue weighted by atomic mass is 32.2. The minimum Gasteiger partial charge on any atom is -0.444 e. The van der Waals surface area contributed by atoms with E-state index < -0.39 is 50.2 Å². The summed E-state index contributed by atoms with van der Waals surface area (Å²) < 4.78 is 59.6. The van der Waals surface area contributed by atoms with E-state index in [0.29, 0.717) is 38.3 Å². The highest BCUT2D eigenvalue weighted by Crippen LogP contribution is 2.25. The van der Waals surface area contributed by atoms with Crippen molar-refractivity contribution in [1.82, 2.24) is 14.5 Å². The Balaban J connectivity index is 1.61. The number of carbonyl (C=O) groups excluding carboxylic acids is 2. The van der Waals surface area contributed by atoms with Gasteiger partial charge in [-0.05, 0) is 58.6 Å². The number of sulfonamides is 1. The quantitative estimate of drug-likeness (QED) is 0.705. The van der Waals surface area contributed by atoms with Gasteiger partial charge in [-0.25, -0.2) is 22.0 Å². The molecule has 1 aromatic rings. The van der Waals surface area contributed by atoms with Crippen LogP contribution in [0.1, 0.15) is 46.5 Å². The Bertz CT molecular complexity index is 996. The van der Waals surface area contributed by atoms with Crippen LogP contribution in [0.2, 0.25) is 0 Å². The van der Waals surface area contributed by atoms with E-state index in [4.69, 9.17) is 4.74 Å². The molecule has 0 spiro atoms. The van der Waals surface area contributed by atoms with E-state index in [-0.39, 0.29) is 25.5 Å². The smallest absolute Gasteiger partial charge is 0.410 e. The number of carbonyl (C=O) groups is 2. The molecule has 2 fully saturated rings. The zero-order valence-corrected chi connectivity index (χ0v) is 20.0. The van der Waals surface area contributed by atoms with E-state index >= 15 is 0 Å². The molecule has 0 aliphatic carbocycles. The van der Waals surface area contributed by atoms with Crippen LogP contribution in [-0.4, -0.2) is 67.4 Å². The molecule has 11 heteroatoms. The van der Waals surface area contributed by atoms with Crippen molar-refractivity contribution in [3.05, 3.63) is 29.8 Å². The van der Waals surface area contributed by atoms with E-state index in [9.17, 15) is 26.8 Å². The first-order chi connectivity index (χ1) is 15.4. The zero-order chi connectivity index (χ0) is 24.4. The van der Waals surface area contributed by atoms with Crippen molar-refractivity contribution < 1.29 is 31.5 Å². The number of nitrogens with one attached hydrogen (secondary N) is 1. The Morgan fingerprint density at radius 3 is 2.45 bits per heavy atom. The average molecular weight is 488 g/mol. The molecule has 0 unspecified atom stereocenters. The van der Waals surface area contributed by atoms with Gasteiger partial charge >= 0.3 is 6.09 Å². The molecule has 2 atom stereocenters. The second-order valence-electron chi connectivity index (χ2n) is 9.55. The van der Waals surface area contributed by atoms with Crippen molar-refractivity contribution >= 4 is 22.0 Å². The summed E-state index contributed by atoms with van der Waals surface area (Å²) in [5, 5.41) is 2.90. The van der Waals surface area contributed by atoms with Gasteiger partial charge in [0.05, 0.1) is 5.92 Å². The molecule has 0 bridgehead atoms. The first-order valence-corrected chi connectivity index (χ1v) is 12.5. The Morgan fingerprint density at radius 1 is 1.09 bits per heavy atom. The molecule has 1 N–H and O–H groups in total. The average Bonchev–Trinajstić information content (AvgIpc) is 2.72. The van der Waals surface area contributed by atoms with Crippen molar-refractivity contribution in [3.8, 4) is 0 Å². The minimum absolute atomic E-state index is 0.00656. The lowest BCUT2D eigenvalue weighted by molar-refractivity contribution is -0.127. The maximum atomic E-state index is 14.1. The molecule has 2 aliphatic heterocycles. The summed E-state index contributed by atoms with van der Waals surface area (Å²) in [5.41, 5.74) is -0.632. The summed E-state index contributed by atoms with van der Waals surface area (Å²) in [4.78, 5) is 26.2. The molecule has 0 saturated carbocycles. The first-order valence-electron chi connectivity index (χ1n) is 11.1. The van der Waals surface area contributed by atoms with E-state index in [1.54, 1.807) is 20.8 Å². The molecule has 184 valence electrons. The van der Waals surface area contributed by atoms with Gasteiger partial charge in [0.2, 0.25) is 15.9 Å². The molecule has 2 amide bonds. The molecule has 33 heavy (non-hydrogen) atoms. The van der Waals surface area contributed by atoms with Crippen LogP contribution >= 0.6 is 0 Å². The van der Waals surface area contributed by atoms with Crippen LogP contribution in [0.15, 0.2) is 23.1 Å². The number of piperidine rings is 2. The summed E-state index contributed by atoms with van der Waals surface area (Å²) in [6, 6.07) is 1.91. The summed E-state index contributed by atoms with van der Waals surface area (Å²) in [7, 11) is -4.17. The van der Waals surface area contributed by atoms with E-state index in [2.05, 4.69) is 5.32 Å². The predicted octanol–water partition coefficient (Wildman–Crippen LogP) is 2.88. The molecular formula is C22H31F2N3O5S. The second kappa shape index (κ2) is 9.92. The van der Waals surface area contributed by atoms with Gasteiger partial charge in [-0.2, -0.15) is 4.31 Å². The van der Waals surface area contributed by atoms with Crippen molar-refractivity contribution in [1.29, 1.82) is 0 Å². The van der Waals surface area contributed by atoms with Gasteiger partial charge in [-0.15, -0.1) is 0 Å². The molecule has 2 heterocycles. The monoisotopic (exact) mass is 487 g/mol. The number of nitrogens with zero attached hydrogens (tertiary/aromatic N) is 2. The number of likely N-dealkylation sites (tertiary alicyclic amines) is 1. The fourth-order valence-electron chi connectivity index (χ4n) is 4.10. The van der Waals surface area contributed by atoms with Crippen LogP contribution in [0.4, 0.5) is 13.6 Å². The Hall–Kier alpha value is -2.27. The van der Waals surface area contributed by atoms with Crippen molar-refractivity contribution in [3.63, 3.8) is 0 Å². The van der Waals surface area contributed by atoms with Gasteiger partial charge in [0.15, 0.2) is 0 Å². The van der Waals surface area contributed by atoms with Gasteiger partial charge in [0, 0.05) is 38.3 Å². The van der Waals surface area contributed by atoms with Crippen LogP contribution in [-0.2, 0) is 19.6 Å². The van der Waals surface area contributed by atoms with E-state index in [0.717, 1.165) is 16.4 Å². The second-order valence-corrected chi connectivity index (χ2v) is 11.5. The maximum absolute atomic E-state index is 14.1. The molecular weight excluding hydrogens is 456 g/mol. The Morgan fingerprint density at radius 2 is 1.79 bits per heavy atom.